The molecule has 3 heterocycles. The highest BCUT2D eigenvalue weighted by atomic mass is 35.5. The van der Waals surface area contributed by atoms with E-state index >= 15 is 0 Å². The fourth-order valence-electron chi connectivity index (χ4n) is 3.36. The molecule has 152 valence electrons. The van der Waals surface area contributed by atoms with Crippen molar-refractivity contribution in [2.45, 2.75) is 13.8 Å². The number of nitrogens with one attached hydrogen (secondary N) is 2. The molecule has 2 N–H and O–H groups in total. The van der Waals surface area contributed by atoms with Crippen LogP contribution in [0.4, 0.5) is 5.69 Å². The first-order valence-corrected chi connectivity index (χ1v) is 11.1. The van der Waals surface area contributed by atoms with Gasteiger partial charge in [-0.05, 0) is 24.6 Å². The van der Waals surface area contributed by atoms with E-state index in [2.05, 4.69) is 14.7 Å². The molecule has 0 spiro atoms. The van der Waals surface area contributed by atoms with Gasteiger partial charge in [-0.3, -0.25) is 4.79 Å². The Hall–Kier alpha value is -3.03. The van der Waals surface area contributed by atoms with Crippen molar-refractivity contribution in [2.24, 2.45) is 0 Å². The zero-order chi connectivity index (χ0) is 21.3. The van der Waals surface area contributed by atoms with Crippen molar-refractivity contribution in [1.82, 2.24) is 15.0 Å². The van der Waals surface area contributed by atoms with Crippen LogP contribution in [-0.2, 0) is 11.0 Å². The normalized spacial score (nSPS) is 12.1. The van der Waals surface area contributed by atoms with Crippen molar-refractivity contribution in [1.29, 1.82) is 0 Å². The number of halogens is 1. The molecule has 0 saturated carbocycles. The maximum Gasteiger partial charge on any atom is 0.193 e. The Kier molecular flexibility index (Phi) is 5.65. The summed E-state index contributed by atoms with van der Waals surface area (Å²) in [4.78, 5) is 24.9. The Morgan fingerprint density at radius 1 is 1.10 bits per heavy atom. The number of nitrogens with zero attached hydrogens (tertiary/aromatic N) is 2. The molecule has 1 atom stereocenters. The molecular formula is C22H19ClN4O2S. The van der Waals surface area contributed by atoms with Crippen molar-refractivity contribution in [3.05, 3.63) is 75.8 Å². The van der Waals surface area contributed by atoms with Crippen LogP contribution >= 0.6 is 11.6 Å². The molecule has 6 nitrogen and oxygen atoms in total. The summed E-state index contributed by atoms with van der Waals surface area (Å²) in [7, 11) is -1.38. The van der Waals surface area contributed by atoms with Crippen LogP contribution in [-0.4, -0.2) is 24.9 Å². The molecule has 1 unspecified atom stereocenters. The topological polar surface area (TPSA) is 87.7 Å². The van der Waals surface area contributed by atoms with Crippen LogP contribution in [0.3, 0.4) is 0 Å². The lowest BCUT2D eigenvalue weighted by Crippen LogP contribution is -2.13. The zero-order valence-corrected chi connectivity index (χ0v) is 18.0. The molecule has 0 aliphatic carbocycles. The standard InChI is InChI=1S/C22H19ClN4O2S/c1-3-30(29)27-21-18(15-11-13(2)25-17(23)12-15)20(14-7-5-4-6-8-14)26-22-19(21)16(28)9-10-24-22/h4-12H,3H2,1-2H3,(H2,24,26,27,28). The van der Waals surface area contributed by atoms with Gasteiger partial charge in [0.2, 0.25) is 0 Å². The van der Waals surface area contributed by atoms with Gasteiger partial charge in [0.15, 0.2) is 5.43 Å². The summed E-state index contributed by atoms with van der Waals surface area (Å²) >= 11 is 6.25. The van der Waals surface area contributed by atoms with E-state index in [4.69, 9.17) is 16.6 Å². The Bertz CT molecular complexity index is 1300. The number of benzene rings is 1. The maximum absolute atomic E-state index is 12.8. The summed E-state index contributed by atoms with van der Waals surface area (Å²) in [5.41, 5.74) is 4.27. The van der Waals surface area contributed by atoms with Crippen molar-refractivity contribution in [3.8, 4) is 22.4 Å². The van der Waals surface area contributed by atoms with E-state index < -0.39 is 11.0 Å². The van der Waals surface area contributed by atoms with Crippen LogP contribution in [0.15, 0.2) is 59.5 Å². The van der Waals surface area contributed by atoms with E-state index in [9.17, 15) is 9.00 Å². The molecular weight excluding hydrogens is 420 g/mol. The fraction of sp³-hybridized carbons (Fsp3) is 0.136. The number of aromatic nitrogens is 3. The molecule has 1 aromatic carbocycles. The van der Waals surface area contributed by atoms with Crippen molar-refractivity contribution >= 4 is 39.3 Å². The van der Waals surface area contributed by atoms with Gasteiger partial charge in [-0.15, -0.1) is 0 Å². The first kappa shape index (κ1) is 20.3. The van der Waals surface area contributed by atoms with Crippen molar-refractivity contribution in [3.63, 3.8) is 0 Å². The second kappa shape index (κ2) is 8.38. The Morgan fingerprint density at radius 2 is 1.87 bits per heavy atom. The number of hydrogen-bond donors (Lipinski definition) is 2. The van der Waals surface area contributed by atoms with Crippen LogP contribution in [0, 0.1) is 6.92 Å². The van der Waals surface area contributed by atoms with Crippen molar-refractivity contribution < 1.29 is 4.21 Å². The maximum atomic E-state index is 12.8. The largest absolute Gasteiger partial charge is 0.346 e. The lowest BCUT2D eigenvalue weighted by atomic mass is 9.96. The van der Waals surface area contributed by atoms with Gasteiger partial charge in [-0.2, -0.15) is 0 Å². The molecule has 0 amide bonds. The van der Waals surface area contributed by atoms with Crippen LogP contribution in [0.5, 0.6) is 0 Å². The first-order chi connectivity index (χ1) is 14.5. The third kappa shape index (κ3) is 3.86. The predicted octanol–water partition coefficient (Wildman–Crippen LogP) is 4.71. The van der Waals surface area contributed by atoms with E-state index in [1.807, 2.05) is 50.2 Å². The van der Waals surface area contributed by atoms with Crippen LogP contribution in [0.1, 0.15) is 12.6 Å². The third-order valence-corrected chi connectivity index (χ3v) is 5.78. The first-order valence-electron chi connectivity index (χ1n) is 9.38. The van der Waals surface area contributed by atoms with Crippen LogP contribution < -0.4 is 10.2 Å². The molecule has 8 heteroatoms. The molecule has 0 saturated heterocycles. The van der Waals surface area contributed by atoms with E-state index in [0.29, 0.717) is 38.9 Å². The van der Waals surface area contributed by atoms with Gasteiger partial charge in [0.1, 0.15) is 21.8 Å². The number of anilines is 1. The second-order valence-corrected chi connectivity index (χ2v) is 8.56. The Labute approximate surface area is 181 Å². The van der Waals surface area contributed by atoms with Crippen LogP contribution in [0.25, 0.3) is 33.4 Å². The highest BCUT2D eigenvalue weighted by molar-refractivity contribution is 7.86. The van der Waals surface area contributed by atoms with Crippen LogP contribution in [0.2, 0.25) is 5.15 Å². The molecule has 4 rings (SSSR count). The minimum atomic E-state index is -1.38. The Balaban J connectivity index is 2.19. The minimum absolute atomic E-state index is 0.218. The number of fused-ring (bicyclic) bond motifs is 1. The van der Waals surface area contributed by atoms with Crippen molar-refractivity contribution in [2.75, 3.05) is 10.5 Å². The van der Waals surface area contributed by atoms with Gasteiger partial charge in [0.05, 0.1) is 16.8 Å². The van der Waals surface area contributed by atoms with Gasteiger partial charge in [0, 0.05) is 34.8 Å². The van der Waals surface area contributed by atoms with Gasteiger partial charge >= 0.3 is 0 Å². The molecule has 0 bridgehead atoms. The molecule has 0 radical (unpaired) electrons. The summed E-state index contributed by atoms with van der Waals surface area (Å²) in [5.74, 6) is 0.380. The molecule has 0 fully saturated rings. The summed E-state index contributed by atoms with van der Waals surface area (Å²) < 4.78 is 15.6. The van der Waals surface area contributed by atoms with E-state index in [-0.39, 0.29) is 5.43 Å². The third-order valence-electron chi connectivity index (χ3n) is 4.63. The number of rotatable bonds is 5. The van der Waals surface area contributed by atoms with Gasteiger partial charge < -0.3 is 9.71 Å². The molecule has 3 aromatic heterocycles. The molecule has 30 heavy (non-hydrogen) atoms. The van der Waals surface area contributed by atoms with Gasteiger partial charge in [-0.25, -0.2) is 14.2 Å². The van der Waals surface area contributed by atoms with E-state index in [0.717, 1.165) is 16.8 Å². The highest BCUT2D eigenvalue weighted by Gasteiger charge is 2.22. The van der Waals surface area contributed by atoms with E-state index in [1.54, 1.807) is 12.3 Å². The molecule has 0 aliphatic heterocycles. The highest BCUT2D eigenvalue weighted by Crippen LogP contribution is 2.40. The summed E-state index contributed by atoms with van der Waals surface area (Å²) in [6.45, 7) is 3.65. The summed E-state index contributed by atoms with van der Waals surface area (Å²) in [6, 6.07) is 14.7. The second-order valence-electron chi connectivity index (χ2n) is 6.70. The Morgan fingerprint density at radius 3 is 2.57 bits per heavy atom. The fourth-order valence-corrected chi connectivity index (χ4v) is 4.18. The minimum Gasteiger partial charge on any atom is -0.346 e. The van der Waals surface area contributed by atoms with E-state index in [1.165, 1.54) is 6.07 Å². The lowest BCUT2D eigenvalue weighted by molar-refractivity contribution is 0.687. The average Bonchev–Trinajstić information content (AvgIpc) is 2.73. The lowest BCUT2D eigenvalue weighted by Gasteiger charge is -2.18. The molecule has 0 aliphatic rings. The smallest absolute Gasteiger partial charge is 0.193 e. The predicted molar refractivity (Wildman–Crippen MR) is 123 cm³/mol. The summed E-state index contributed by atoms with van der Waals surface area (Å²) in [5, 5.41) is 0.674. The molecule has 4 aromatic rings. The summed E-state index contributed by atoms with van der Waals surface area (Å²) in [6.07, 6.45) is 1.56. The van der Waals surface area contributed by atoms with Gasteiger partial charge in [-0.1, -0.05) is 48.9 Å². The zero-order valence-electron chi connectivity index (χ0n) is 16.4. The number of hydrogen-bond acceptors (Lipinski definition) is 4. The number of aryl methyl sites for hydroxylation is 1. The quantitative estimate of drug-likeness (QED) is 0.442. The number of aromatic amines is 1. The number of pyridine rings is 3. The number of H-pyrrole nitrogens is 1. The SMILES string of the molecule is CCS(=O)Nc1c(-c2cc(C)nc(Cl)c2)c(-c2ccccc2)nc2[nH]ccc(=O)c12. The van der Waals surface area contributed by atoms with Gasteiger partial charge in [0.25, 0.3) is 0 Å². The monoisotopic (exact) mass is 438 g/mol. The average molecular weight is 439 g/mol.